The number of benzene rings is 2. The van der Waals surface area contributed by atoms with Gasteiger partial charge in [-0.05, 0) is 67.7 Å². The fraction of sp³-hybridized carbons (Fsp3) is 0.452. The lowest BCUT2D eigenvalue weighted by molar-refractivity contribution is -0.0980. The van der Waals surface area contributed by atoms with Gasteiger partial charge in [-0.25, -0.2) is 4.98 Å². The van der Waals surface area contributed by atoms with Gasteiger partial charge in [-0.1, -0.05) is 72.2 Å². The molecule has 38 heavy (non-hydrogen) atoms. The van der Waals surface area contributed by atoms with Crippen molar-refractivity contribution in [3.05, 3.63) is 60.3 Å². The van der Waals surface area contributed by atoms with Crippen LogP contribution in [-0.2, 0) is 4.79 Å². The van der Waals surface area contributed by atoms with Crippen LogP contribution in [0.25, 0.3) is 11.1 Å². The zero-order chi connectivity index (χ0) is 29.0. The van der Waals surface area contributed by atoms with E-state index < -0.39 is 0 Å². The molecule has 0 amide bonds. The first-order valence-electron chi connectivity index (χ1n) is 13.3. The molecular weight excluding hydrogens is 472 g/mol. The Kier molecular flexibility index (Phi) is 17.9. The monoisotopic (exact) mass is 522 g/mol. The number of nitrogens with one attached hydrogen (secondary N) is 4. The number of hydrogen-bond donors (Lipinski definition) is 4. The summed E-state index contributed by atoms with van der Waals surface area (Å²) < 4.78 is 0. The Bertz CT molecular complexity index is 1010. The van der Waals surface area contributed by atoms with Crippen molar-refractivity contribution >= 4 is 29.9 Å². The van der Waals surface area contributed by atoms with Gasteiger partial charge in [0.2, 0.25) is 5.95 Å². The third-order valence-electron chi connectivity index (χ3n) is 4.44. The Labute approximate surface area is 231 Å². The number of rotatable bonds is 9. The van der Waals surface area contributed by atoms with E-state index in [0.29, 0.717) is 11.4 Å². The predicted octanol–water partition coefficient (Wildman–Crippen LogP) is 7.54. The Morgan fingerprint density at radius 2 is 1.50 bits per heavy atom. The zero-order valence-corrected chi connectivity index (χ0v) is 25.0. The van der Waals surface area contributed by atoms with E-state index in [1.165, 1.54) is 12.0 Å². The molecule has 0 aliphatic rings. The van der Waals surface area contributed by atoms with Crippen molar-refractivity contribution in [2.45, 2.75) is 61.3 Å². The molecule has 210 valence electrons. The van der Waals surface area contributed by atoms with Crippen LogP contribution in [0, 0.1) is 12.3 Å². The first kappa shape index (κ1) is 34.6. The zero-order valence-electron chi connectivity index (χ0n) is 25.0. The highest BCUT2D eigenvalue weighted by atomic mass is 16.1. The van der Waals surface area contributed by atoms with Crippen molar-refractivity contribution in [2.75, 3.05) is 43.1 Å². The van der Waals surface area contributed by atoms with Gasteiger partial charge in [0.05, 0.1) is 0 Å². The van der Waals surface area contributed by atoms with Gasteiger partial charge in [-0.15, -0.1) is 0 Å². The van der Waals surface area contributed by atoms with Gasteiger partial charge in [0.15, 0.2) is 0 Å². The molecule has 7 heteroatoms. The first-order valence-corrected chi connectivity index (χ1v) is 13.3. The average molecular weight is 523 g/mol. The van der Waals surface area contributed by atoms with E-state index in [1.807, 2.05) is 39.2 Å². The van der Waals surface area contributed by atoms with Crippen molar-refractivity contribution in [3.63, 3.8) is 0 Å². The van der Waals surface area contributed by atoms with E-state index in [4.69, 9.17) is 9.78 Å². The lowest BCUT2D eigenvalue weighted by atomic mass is 10.0. The molecule has 0 atom stereocenters. The molecule has 2 aromatic carbocycles. The molecule has 0 saturated carbocycles. The molecule has 7 nitrogen and oxygen atoms in total. The Morgan fingerprint density at radius 1 is 0.895 bits per heavy atom. The van der Waals surface area contributed by atoms with Gasteiger partial charge in [0, 0.05) is 36.7 Å². The highest BCUT2D eigenvalue weighted by Crippen LogP contribution is 2.28. The van der Waals surface area contributed by atoms with E-state index in [0.717, 1.165) is 47.8 Å². The van der Waals surface area contributed by atoms with E-state index >= 15 is 0 Å². The van der Waals surface area contributed by atoms with Gasteiger partial charge in [0.1, 0.15) is 12.6 Å². The lowest BCUT2D eigenvalue weighted by Gasteiger charge is -2.14. The molecule has 0 unspecified atom stereocenters. The molecular formula is C31H50N6O. The smallest absolute Gasteiger partial charge is 0.229 e. The third-order valence-corrected chi connectivity index (χ3v) is 4.44. The van der Waals surface area contributed by atoms with Crippen molar-refractivity contribution in [2.24, 2.45) is 5.41 Å². The largest absolute Gasteiger partial charge is 0.388 e. The third kappa shape index (κ3) is 15.6. The minimum absolute atomic E-state index is 0.500. The van der Waals surface area contributed by atoms with Gasteiger partial charge < -0.3 is 26.1 Å². The number of hydrogen-bond acceptors (Lipinski definition) is 7. The number of nitrogens with zero attached hydrogens (tertiary/aromatic N) is 2. The maximum absolute atomic E-state index is 8.00. The molecule has 0 radical (unpaired) electrons. The van der Waals surface area contributed by atoms with Crippen LogP contribution in [0.5, 0.6) is 0 Å². The highest BCUT2D eigenvalue weighted by molar-refractivity contribution is 5.76. The van der Waals surface area contributed by atoms with Crippen LogP contribution < -0.4 is 21.3 Å². The van der Waals surface area contributed by atoms with Crippen LogP contribution in [-0.4, -0.2) is 43.9 Å². The van der Waals surface area contributed by atoms with Crippen LogP contribution in [0.1, 0.15) is 59.9 Å². The van der Waals surface area contributed by atoms with Crippen LogP contribution >= 0.6 is 0 Å². The number of anilines is 4. The van der Waals surface area contributed by atoms with Gasteiger partial charge in [-0.2, -0.15) is 4.98 Å². The SMILES string of the molecule is C=O.CC(C)(C)C.CCC.CNCCCNc1nc(Nc2cccc(C)c2)ncc1-c1ccc(NC)cc1. The second-order valence-corrected chi connectivity index (χ2v) is 10.4. The molecule has 1 heterocycles. The molecule has 0 aliphatic carbocycles. The normalized spacial score (nSPS) is 9.92. The minimum atomic E-state index is 0.500. The van der Waals surface area contributed by atoms with Crippen LogP contribution in [0.2, 0.25) is 0 Å². The molecule has 4 N–H and O–H groups in total. The molecule has 0 spiro atoms. The van der Waals surface area contributed by atoms with Gasteiger partial charge >= 0.3 is 0 Å². The molecule has 0 fully saturated rings. The molecule has 1 aromatic heterocycles. The maximum Gasteiger partial charge on any atom is 0.229 e. The average Bonchev–Trinajstić information content (AvgIpc) is 2.88. The van der Waals surface area contributed by atoms with E-state index in [1.54, 1.807) is 0 Å². The summed E-state index contributed by atoms with van der Waals surface area (Å²) in [5.41, 5.74) is 5.81. The van der Waals surface area contributed by atoms with Crippen LogP contribution in [0.15, 0.2) is 54.7 Å². The summed E-state index contributed by atoms with van der Waals surface area (Å²) in [7, 11) is 3.88. The molecule has 0 bridgehead atoms. The minimum Gasteiger partial charge on any atom is -0.388 e. The van der Waals surface area contributed by atoms with Crippen molar-refractivity contribution < 1.29 is 4.79 Å². The number of aryl methyl sites for hydroxylation is 1. The summed E-state index contributed by atoms with van der Waals surface area (Å²) >= 11 is 0. The number of carbonyl (C=O) groups is 1. The fourth-order valence-corrected chi connectivity index (χ4v) is 2.93. The summed E-state index contributed by atoms with van der Waals surface area (Å²) in [4.78, 5) is 17.3. The van der Waals surface area contributed by atoms with Gasteiger partial charge in [-0.3, -0.25) is 0 Å². The van der Waals surface area contributed by atoms with Crippen molar-refractivity contribution in [1.82, 2.24) is 15.3 Å². The summed E-state index contributed by atoms with van der Waals surface area (Å²) in [5.74, 6) is 1.41. The predicted molar refractivity (Wildman–Crippen MR) is 167 cm³/mol. The molecule has 0 aliphatic heterocycles. The summed E-state index contributed by atoms with van der Waals surface area (Å²) in [6, 6.07) is 16.4. The maximum atomic E-state index is 8.00. The van der Waals surface area contributed by atoms with Gasteiger partial charge in [0.25, 0.3) is 0 Å². The van der Waals surface area contributed by atoms with Crippen LogP contribution in [0.3, 0.4) is 0 Å². The lowest BCUT2D eigenvalue weighted by Crippen LogP contribution is -2.14. The number of aromatic nitrogens is 2. The van der Waals surface area contributed by atoms with Crippen molar-refractivity contribution in [3.8, 4) is 11.1 Å². The Balaban J connectivity index is 0.00000119. The molecule has 3 aromatic rings. The fourth-order valence-electron chi connectivity index (χ4n) is 2.93. The second-order valence-electron chi connectivity index (χ2n) is 10.4. The van der Waals surface area contributed by atoms with Crippen LogP contribution in [0.4, 0.5) is 23.1 Å². The Morgan fingerprint density at radius 3 is 2.03 bits per heavy atom. The molecule has 0 saturated heterocycles. The summed E-state index contributed by atoms with van der Waals surface area (Å²) in [5, 5.41) is 13.1. The Hall–Kier alpha value is -3.45. The highest BCUT2D eigenvalue weighted by Gasteiger charge is 2.10. The summed E-state index contributed by atoms with van der Waals surface area (Å²) in [6.07, 6.45) is 4.14. The number of carbonyl (C=O) groups excluding carboxylic acids is 1. The topological polar surface area (TPSA) is 91.0 Å². The molecule has 3 rings (SSSR count). The standard InChI is InChI=1S/C22H28N6.C5H12.C3H8.CH2O/c1-16-6-4-7-19(14-16)27-22-26-15-20(17-8-10-18(24-3)11-9-17)21(28-22)25-13-5-12-23-2;1-5(2,3)4;1-3-2;1-2/h4,6-11,14-15,23-24H,5,12-13H2,1-3H3,(H2,25,26,27,28);1-4H3;3H2,1-2H3;1H2. The second kappa shape index (κ2) is 19.6. The van der Waals surface area contributed by atoms with Crippen molar-refractivity contribution in [1.29, 1.82) is 0 Å². The quantitative estimate of drug-likeness (QED) is 0.216. The summed E-state index contributed by atoms with van der Waals surface area (Å²) in [6.45, 7) is 18.9. The first-order chi connectivity index (χ1) is 18.1. The van der Waals surface area contributed by atoms with E-state index in [-0.39, 0.29) is 0 Å². The van der Waals surface area contributed by atoms with E-state index in [9.17, 15) is 0 Å². The van der Waals surface area contributed by atoms with E-state index in [2.05, 4.69) is 111 Å².